The van der Waals surface area contributed by atoms with Crippen LogP contribution in [-0.4, -0.2) is 40.8 Å². The molecular weight excluding hydrogens is 320 g/mol. The molecule has 7 nitrogen and oxygen atoms in total. The van der Waals surface area contributed by atoms with Gasteiger partial charge in [-0.15, -0.1) is 0 Å². The molecule has 0 radical (unpaired) electrons. The van der Waals surface area contributed by atoms with Crippen molar-refractivity contribution < 1.29 is 14.0 Å². The summed E-state index contributed by atoms with van der Waals surface area (Å²) >= 11 is 0. The Morgan fingerprint density at radius 1 is 1.44 bits per heavy atom. The van der Waals surface area contributed by atoms with Gasteiger partial charge in [-0.25, -0.2) is 4.98 Å². The summed E-state index contributed by atoms with van der Waals surface area (Å²) in [5.74, 6) is 0.267. The Labute approximate surface area is 147 Å². The van der Waals surface area contributed by atoms with Crippen LogP contribution < -0.4 is 5.32 Å². The van der Waals surface area contributed by atoms with Crippen molar-refractivity contribution in [2.45, 2.75) is 57.9 Å². The van der Waals surface area contributed by atoms with Crippen molar-refractivity contribution in [2.24, 2.45) is 5.92 Å². The molecule has 0 aromatic carbocycles. The summed E-state index contributed by atoms with van der Waals surface area (Å²) in [4.78, 5) is 30.9. The number of carbonyl (C=O) groups excluding carboxylic acids is 2. The molecule has 2 fully saturated rings. The molecule has 7 heteroatoms. The second-order valence-corrected chi connectivity index (χ2v) is 6.93. The normalized spacial score (nSPS) is 21.5. The lowest BCUT2D eigenvalue weighted by atomic mass is 10.0. The van der Waals surface area contributed by atoms with Crippen LogP contribution in [0.25, 0.3) is 0 Å². The number of oxazole rings is 1. The van der Waals surface area contributed by atoms with Crippen molar-refractivity contribution in [1.29, 1.82) is 5.26 Å². The maximum absolute atomic E-state index is 12.5. The number of rotatable bonds is 5. The van der Waals surface area contributed by atoms with Crippen LogP contribution in [0.3, 0.4) is 0 Å². The standard InChI is InChI=1S/C18H24N4O3/c1-3-12(9-19)18(24)22-8-4-5-14(10-22)21-16(23)15-11(2)20-17(25-15)13-6-7-13/h12-14H,3-8,10H2,1-2H3,(H,21,23). The molecule has 2 aliphatic rings. The van der Waals surface area contributed by atoms with Crippen LogP contribution in [0, 0.1) is 24.2 Å². The number of piperidine rings is 1. The van der Waals surface area contributed by atoms with Gasteiger partial charge in [0.1, 0.15) is 5.92 Å². The van der Waals surface area contributed by atoms with E-state index in [1.165, 1.54) is 0 Å². The summed E-state index contributed by atoms with van der Waals surface area (Å²) in [5, 5.41) is 12.0. The SMILES string of the molecule is CCC(C#N)C(=O)N1CCCC(NC(=O)c2oc(C3CC3)nc2C)C1. The summed E-state index contributed by atoms with van der Waals surface area (Å²) in [6.45, 7) is 4.68. The number of hydrogen-bond donors (Lipinski definition) is 1. The Kier molecular flexibility index (Phi) is 5.07. The van der Waals surface area contributed by atoms with E-state index in [1.807, 2.05) is 6.92 Å². The van der Waals surface area contributed by atoms with E-state index in [0.29, 0.717) is 37.0 Å². The highest BCUT2D eigenvalue weighted by molar-refractivity contribution is 5.92. The van der Waals surface area contributed by atoms with Crippen molar-refractivity contribution in [1.82, 2.24) is 15.2 Å². The first-order valence-corrected chi connectivity index (χ1v) is 9.00. The van der Waals surface area contributed by atoms with Gasteiger partial charge in [-0.2, -0.15) is 5.26 Å². The fraction of sp³-hybridized carbons (Fsp3) is 0.667. The molecule has 134 valence electrons. The zero-order valence-corrected chi connectivity index (χ0v) is 14.7. The van der Waals surface area contributed by atoms with Crippen LogP contribution in [0.5, 0.6) is 0 Å². The molecule has 1 saturated carbocycles. The summed E-state index contributed by atoms with van der Waals surface area (Å²) in [7, 11) is 0. The fourth-order valence-corrected chi connectivity index (χ4v) is 3.22. The summed E-state index contributed by atoms with van der Waals surface area (Å²) in [6.07, 6.45) is 4.25. The van der Waals surface area contributed by atoms with Crippen molar-refractivity contribution in [2.75, 3.05) is 13.1 Å². The third kappa shape index (κ3) is 3.84. The van der Waals surface area contributed by atoms with Crippen LogP contribution >= 0.6 is 0 Å². The Morgan fingerprint density at radius 3 is 2.84 bits per heavy atom. The van der Waals surface area contributed by atoms with Gasteiger partial charge >= 0.3 is 0 Å². The molecule has 1 aliphatic carbocycles. The maximum atomic E-state index is 12.5. The molecule has 1 N–H and O–H groups in total. The number of amides is 2. The molecular formula is C18H24N4O3. The predicted molar refractivity (Wildman–Crippen MR) is 89.7 cm³/mol. The Bertz CT molecular complexity index is 702. The largest absolute Gasteiger partial charge is 0.435 e. The number of aromatic nitrogens is 1. The highest BCUT2D eigenvalue weighted by Crippen LogP contribution is 2.40. The fourth-order valence-electron chi connectivity index (χ4n) is 3.22. The molecule has 2 atom stereocenters. The summed E-state index contributed by atoms with van der Waals surface area (Å²) in [6, 6.07) is 1.93. The van der Waals surface area contributed by atoms with E-state index >= 15 is 0 Å². The van der Waals surface area contributed by atoms with Gasteiger partial charge in [-0.1, -0.05) is 6.92 Å². The van der Waals surface area contributed by atoms with Crippen LogP contribution in [0.4, 0.5) is 0 Å². The smallest absolute Gasteiger partial charge is 0.289 e. The van der Waals surface area contributed by atoms with E-state index in [-0.39, 0.29) is 23.6 Å². The van der Waals surface area contributed by atoms with E-state index in [4.69, 9.17) is 9.68 Å². The number of carbonyl (C=O) groups is 2. The molecule has 0 spiro atoms. The first-order chi connectivity index (χ1) is 12.0. The summed E-state index contributed by atoms with van der Waals surface area (Å²) < 4.78 is 5.64. The van der Waals surface area contributed by atoms with Crippen LogP contribution in [0.2, 0.25) is 0 Å². The molecule has 1 aromatic heterocycles. The molecule has 2 heterocycles. The lowest BCUT2D eigenvalue weighted by Crippen LogP contribution is -2.50. The molecule has 2 unspecified atom stereocenters. The summed E-state index contributed by atoms with van der Waals surface area (Å²) in [5.41, 5.74) is 0.610. The maximum Gasteiger partial charge on any atom is 0.289 e. The minimum absolute atomic E-state index is 0.129. The molecule has 1 aliphatic heterocycles. The first-order valence-electron chi connectivity index (χ1n) is 9.00. The Morgan fingerprint density at radius 2 is 2.20 bits per heavy atom. The quantitative estimate of drug-likeness (QED) is 0.882. The number of likely N-dealkylation sites (tertiary alicyclic amines) is 1. The average Bonchev–Trinajstić information content (AvgIpc) is 3.38. The highest BCUT2D eigenvalue weighted by Gasteiger charge is 2.32. The van der Waals surface area contributed by atoms with Gasteiger partial charge in [0.15, 0.2) is 5.89 Å². The number of nitrogens with zero attached hydrogens (tertiary/aromatic N) is 3. The van der Waals surface area contributed by atoms with Crippen molar-refractivity contribution in [3.63, 3.8) is 0 Å². The highest BCUT2D eigenvalue weighted by atomic mass is 16.4. The minimum atomic E-state index is -0.605. The van der Waals surface area contributed by atoms with Gasteiger partial charge in [-0.05, 0) is 39.0 Å². The van der Waals surface area contributed by atoms with E-state index in [1.54, 1.807) is 11.8 Å². The first kappa shape index (κ1) is 17.5. The number of hydrogen-bond acceptors (Lipinski definition) is 5. The monoisotopic (exact) mass is 344 g/mol. The lowest BCUT2D eigenvalue weighted by molar-refractivity contribution is -0.135. The second-order valence-electron chi connectivity index (χ2n) is 6.93. The van der Waals surface area contributed by atoms with Gasteiger partial charge in [-0.3, -0.25) is 9.59 Å². The number of nitrogens with one attached hydrogen (secondary N) is 1. The zero-order chi connectivity index (χ0) is 18.0. The topological polar surface area (TPSA) is 99.2 Å². The van der Waals surface area contributed by atoms with Gasteiger partial charge < -0.3 is 14.6 Å². The molecule has 0 bridgehead atoms. The van der Waals surface area contributed by atoms with Crippen molar-refractivity contribution in [3.8, 4) is 6.07 Å². The van der Waals surface area contributed by atoms with E-state index in [2.05, 4.69) is 16.4 Å². The number of aryl methyl sites for hydroxylation is 1. The third-order valence-electron chi connectivity index (χ3n) is 4.88. The minimum Gasteiger partial charge on any atom is -0.435 e. The number of nitriles is 1. The van der Waals surface area contributed by atoms with E-state index < -0.39 is 5.92 Å². The van der Waals surface area contributed by atoms with Gasteiger partial charge in [0.25, 0.3) is 5.91 Å². The third-order valence-corrected chi connectivity index (χ3v) is 4.88. The second kappa shape index (κ2) is 7.26. The Balaban J connectivity index is 1.61. The molecule has 25 heavy (non-hydrogen) atoms. The molecule has 1 aromatic rings. The van der Waals surface area contributed by atoms with Crippen LogP contribution in [0.15, 0.2) is 4.42 Å². The van der Waals surface area contributed by atoms with Crippen LogP contribution in [-0.2, 0) is 4.79 Å². The van der Waals surface area contributed by atoms with Crippen LogP contribution in [0.1, 0.15) is 67.1 Å². The van der Waals surface area contributed by atoms with Crippen molar-refractivity contribution >= 4 is 11.8 Å². The van der Waals surface area contributed by atoms with Crippen molar-refractivity contribution in [3.05, 3.63) is 17.3 Å². The van der Waals surface area contributed by atoms with Gasteiger partial charge in [0.05, 0.1) is 11.8 Å². The Hall–Kier alpha value is -2.36. The lowest BCUT2D eigenvalue weighted by Gasteiger charge is -2.34. The molecule has 1 saturated heterocycles. The van der Waals surface area contributed by atoms with Gasteiger partial charge in [0.2, 0.25) is 11.7 Å². The molecule has 2 amide bonds. The predicted octanol–water partition coefficient (Wildman–Crippen LogP) is 2.13. The van der Waals surface area contributed by atoms with Gasteiger partial charge in [0, 0.05) is 25.0 Å². The zero-order valence-electron chi connectivity index (χ0n) is 14.7. The van der Waals surface area contributed by atoms with E-state index in [9.17, 15) is 9.59 Å². The molecule has 3 rings (SSSR count). The average molecular weight is 344 g/mol. The van der Waals surface area contributed by atoms with E-state index in [0.717, 1.165) is 25.7 Å².